The number of carboxylic acids is 1. The van der Waals surface area contributed by atoms with Gasteiger partial charge in [-0.15, -0.1) is 0 Å². The molecular weight excluding hydrogens is 409 g/mol. The van der Waals surface area contributed by atoms with Crippen molar-refractivity contribution in [3.05, 3.63) is 23.3 Å². The number of amides is 3. The maximum Gasteiger partial charge on any atom is 0.547 e. The van der Waals surface area contributed by atoms with E-state index in [-0.39, 0.29) is 30.1 Å². The number of nitrogens with zero attached hydrogens (tertiary/aromatic N) is 2. The molecule has 1 spiro atoms. The predicted molar refractivity (Wildman–Crippen MR) is 107 cm³/mol. The number of likely N-dealkylation sites (tertiary alicyclic amines) is 1. The van der Waals surface area contributed by atoms with Crippen LogP contribution in [-0.4, -0.2) is 94.9 Å². The van der Waals surface area contributed by atoms with Crippen LogP contribution in [0.25, 0.3) is 0 Å². The number of hydrogen-bond donors (Lipinski definition) is 4. The van der Waals surface area contributed by atoms with Gasteiger partial charge in [0.15, 0.2) is 0 Å². The highest BCUT2D eigenvalue weighted by Crippen LogP contribution is 2.39. The number of aliphatic hydroxyl groups is 1. The van der Waals surface area contributed by atoms with Gasteiger partial charge in [-0.05, 0) is 30.9 Å². The number of urea groups is 1. The Bertz CT molecular complexity index is 918. The van der Waals surface area contributed by atoms with E-state index in [1.807, 2.05) is 4.90 Å². The molecule has 31 heavy (non-hydrogen) atoms. The van der Waals surface area contributed by atoms with Gasteiger partial charge in [0.2, 0.25) is 0 Å². The Morgan fingerprint density at radius 2 is 2.06 bits per heavy atom. The van der Waals surface area contributed by atoms with E-state index >= 15 is 0 Å². The molecule has 1 atom stereocenters. The number of methoxy groups -OCH3 is 1. The van der Waals surface area contributed by atoms with E-state index in [0.29, 0.717) is 38.0 Å². The van der Waals surface area contributed by atoms with Crippen LogP contribution < -0.4 is 14.7 Å². The number of ether oxygens (including phenoxy) is 1. The zero-order valence-corrected chi connectivity index (χ0v) is 17.0. The summed E-state index contributed by atoms with van der Waals surface area (Å²) >= 11 is 0. The Balaban J connectivity index is 1.59. The number of rotatable bonds is 5. The number of aliphatic hydroxyl groups excluding tert-OH is 1. The molecule has 166 valence electrons. The highest BCUT2D eigenvalue weighted by Gasteiger charge is 2.57. The summed E-state index contributed by atoms with van der Waals surface area (Å²) in [5.74, 6) is -2.65. The highest BCUT2D eigenvalue weighted by molar-refractivity contribution is 6.47. The van der Waals surface area contributed by atoms with Crippen molar-refractivity contribution in [2.24, 2.45) is 0 Å². The first-order chi connectivity index (χ1) is 14.8. The van der Waals surface area contributed by atoms with Crippen molar-refractivity contribution in [2.45, 2.75) is 30.7 Å². The van der Waals surface area contributed by atoms with Gasteiger partial charge in [-0.3, -0.25) is 9.69 Å². The SMILES string of the molecule is COc1ccc2c(c1C(=O)O)OB(O)[C@@H](N1C(=O)NC3(CCN(CCO)CC3)C1=O)C2. The molecule has 3 aliphatic heterocycles. The molecule has 3 heterocycles. The number of β-amino-alcohol motifs (C(OH)–C–C–N with tert-alkyl or cyclic N) is 1. The van der Waals surface area contributed by atoms with Gasteiger partial charge in [0.05, 0.1) is 19.7 Å². The van der Waals surface area contributed by atoms with Gasteiger partial charge in [0.1, 0.15) is 22.6 Å². The molecule has 11 nitrogen and oxygen atoms in total. The van der Waals surface area contributed by atoms with Gasteiger partial charge in [0, 0.05) is 19.6 Å². The van der Waals surface area contributed by atoms with Crippen LogP contribution in [0.2, 0.25) is 0 Å². The average molecular weight is 433 g/mol. The number of carbonyl (C=O) groups is 3. The standard InChI is InChI=1S/C19H24BN3O8/c1-30-12-3-2-11-10-13(20(29)31-15(11)14(12)16(25)26)23-17(27)19(21-18(23)28)4-6-22(7-5-19)8-9-24/h2-3,13,24,29H,4-10H2,1H3,(H,21,28)(H,25,26)/t13-/m0/s1. The first kappa shape index (κ1) is 21.4. The molecule has 0 radical (unpaired) electrons. The third-order valence-corrected chi connectivity index (χ3v) is 6.28. The number of fused-ring (bicyclic) bond motifs is 1. The molecule has 2 saturated heterocycles. The van der Waals surface area contributed by atoms with Crippen molar-refractivity contribution in [2.75, 3.05) is 33.4 Å². The van der Waals surface area contributed by atoms with Crippen molar-refractivity contribution < 1.29 is 39.0 Å². The summed E-state index contributed by atoms with van der Waals surface area (Å²) in [5.41, 5.74) is -0.815. The van der Waals surface area contributed by atoms with Crippen LogP contribution in [0, 0.1) is 0 Å². The first-order valence-corrected chi connectivity index (χ1v) is 10.1. The van der Waals surface area contributed by atoms with Gasteiger partial charge in [-0.1, -0.05) is 6.07 Å². The number of carbonyl (C=O) groups excluding carboxylic acids is 2. The lowest BCUT2D eigenvalue weighted by atomic mass is 9.71. The number of benzene rings is 1. The van der Waals surface area contributed by atoms with Crippen LogP contribution in [0.1, 0.15) is 28.8 Å². The molecule has 3 amide bonds. The van der Waals surface area contributed by atoms with Crippen molar-refractivity contribution >= 4 is 25.0 Å². The van der Waals surface area contributed by atoms with Crippen LogP contribution in [-0.2, 0) is 11.2 Å². The number of carboxylic acid groups (broad SMARTS) is 1. The fourth-order valence-electron chi connectivity index (χ4n) is 4.60. The Morgan fingerprint density at radius 1 is 1.35 bits per heavy atom. The molecule has 1 aromatic rings. The normalized spacial score (nSPS) is 22.9. The number of hydrogen-bond acceptors (Lipinski definition) is 8. The minimum absolute atomic E-state index is 0.0214. The summed E-state index contributed by atoms with van der Waals surface area (Å²) in [7, 11) is -0.258. The first-order valence-electron chi connectivity index (χ1n) is 10.1. The molecule has 3 aliphatic rings. The van der Waals surface area contributed by atoms with Crippen LogP contribution in [0.15, 0.2) is 12.1 Å². The molecule has 2 fully saturated rings. The monoisotopic (exact) mass is 433 g/mol. The lowest BCUT2D eigenvalue weighted by Gasteiger charge is -2.38. The zero-order chi connectivity index (χ0) is 22.3. The molecule has 1 aromatic carbocycles. The second-order valence-corrected chi connectivity index (χ2v) is 7.97. The molecule has 4 N–H and O–H groups in total. The van der Waals surface area contributed by atoms with Crippen molar-refractivity contribution in [3.8, 4) is 11.5 Å². The number of nitrogens with one attached hydrogen (secondary N) is 1. The van der Waals surface area contributed by atoms with Gasteiger partial charge in [0.25, 0.3) is 5.91 Å². The summed E-state index contributed by atoms with van der Waals surface area (Å²) < 4.78 is 10.6. The molecule has 0 saturated carbocycles. The number of imide groups is 1. The lowest BCUT2D eigenvalue weighted by molar-refractivity contribution is -0.134. The molecule has 0 aromatic heterocycles. The van der Waals surface area contributed by atoms with Gasteiger partial charge < -0.3 is 34.8 Å². The molecule has 0 bridgehead atoms. The summed E-state index contributed by atoms with van der Waals surface area (Å²) in [6.07, 6.45) is 0.843. The third kappa shape index (κ3) is 3.50. The van der Waals surface area contributed by atoms with E-state index in [0.717, 1.165) is 4.90 Å². The Hall–Kier alpha value is -2.83. The topological polar surface area (TPSA) is 149 Å². The third-order valence-electron chi connectivity index (χ3n) is 6.28. The van der Waals surface area contributed by atoms with Crippen molar-refractivity contribution in [3.63, 3.8) is 0 Å². The lowest BCUT2D eigenvalue weighted by Crippen LogP contribution is -2.58. The van der Waals surface area contributed by atoms with E-state index in [1.54, 1.807) is 6.07 Å². The van der Waals surface area contributed by atoms with Crippen LogP contribution in [0.5, 0.6) is 11.5 Å². The molecule has 4 rings (SSSR count). The molecule has 12 heteroatoms. The van der Waals surface area contributed by atoms with E-state index in [9.17, 15) is 24.5 Å². The van der Waals surface area contributed by atoms with Crippen molar-refractivity contribution in [1.82, 2.24) is 15.1 Å². The zero-order valence-electron chi connectivity index (χ0n) is 17.0. The highest BCUT2D eigenvalue weighted by atomic mass is 16.5. The Labute approximate surface area is 178 Å². The molecule has 0 unspecified atom stereocenters. The minimum Gasteiger partial charge on any atom is -0.534 e. The summed E-state index contributed by atoms with van der Waals surface area (Å²) in [4.78, 5) is 40.7. The van der Waals surface area contributed by atoms with Gasteiger partial charge in [-0.25, -0.2) is 9.59 Å². The van der Waals surface area contributed by atoms with Crippen LogP contribution >= 0.6 is 0 Å². The molecular formula is C19H24BN3O8. The number of piperidine rings is 1. The maximum absolute atomic E-state index is 13.3. The van der Waals surface area contributed by atoms with E-state index in [4.69, 9.17) is 14.5 Å². The second-order valence-electron chi connectivity index (χ2n) is 7.97. The minimum atomic E-state index is -1.59. The fraction of sp³-hybridized carbons (Fsp3) is 0.526. The predicted octanol–water partition coefficient (Wildman–Crippen LogP) is -0.905. The van der Waals surface area contributed by atoms with Crippen LogP contribution in [0.4, 0.5) is 4.79 Å². The smallest absolute Gasteiger partial charge is 0.534 e. The fourth-order valence-corrected chi connectivity index (χ4v) is 4.60. The van der Waals surface area contributed by atoms with Gasteiger partial charge >= 0.3 is 19.1 Å². The Morgan fingerprint density at radius 3 is 2.68 bits per heavy atom. The number of aromatic carboxylic acids is 1. The van der Waals surface area contributed by atoms with E-state index < -0.39 is 36.5 Å². The second kappa shape index (κ2) is 8.02. The van der Waals surface area contributed by atoms with Crippen molar-refractivity contribution in [1.29, 1.82) is 0 Å². The Kier molecular flexibility index (Phi) is 5.54. The van der Waals surface area contributed by atoms with E-state index in [2.05, 4.69) is 5.32 Å². The van der Waals surface area contributed by atoms with E-state index in [1.165, 1.54) is 13.2 Å². The van der Waals surface area contributed by atoms with Crippen LogP contribution in [0.3, 0.4) is 0 Å². The summed E-state index contributed by atoms with van der Waals surface area (Å²) in [6, 6.07) is 2.47. The largest absolute Gasteiger partial charge is 0.547 e. The summed E-state index contributed by atoms with van der Waals surface area (Å²) in [6.45, 7) is 1.63. The maximum atomic E-state index is 13.3. The summed E-state index contributed by atoms with van der Waals surface area (Å²) in [5, 5.41) is 32.0. The average Bonchev–Trinajstić information content (AvgIpc) is 2.97. The van der Waals surface area contributed by atoms with Gasteiger partial charge in [-0.2, -0.15) is 0 Å². The quantitative estimate of drug-likeness (QED) is 0.342. The molecule has 0 aliphatic carbocycles.